The SMILES string of the molecule is Cc1ccccc1C(=O)c1c(F)cccc1Cl. The van der Waals surface area contributed by atoms with E-state index >= 15 is 0 Å². The monoisotopic (exact) mass is 248 g/mol. The summed E-state index contributed by atoms with van der Waals surface area (Å²) in [6, 6.07) is 11.3. The highest BCUT2D eigenvalue weighted by Gasteiger charge is 2.18. The van der Waals surface area contributed by atoms with Crippen LogP contribution in [0.1, 0.15) is 21.5 Å². The van der Waals surface area contributed by atoms with Crippen LogP contribution >= 0.6 is 11.6 Å². The van der Waals surface area contributed by atoms with E-state index in [9.17, 15) is 9.18 Å². The Balaban J connectivity index is 2.56. The third-order valence-electron chi connectivity index (χ3n) is 2.58. The Bertz CT molecular complexity index is 558. The Hall–Kier alpha value is -1.67. The van der Waals surface area contributed by atoms with Gasteiger partial charge in [0.1, 0.15) is 5.82 Å². The molecule has 0 saturated heterocycles. The first kappa shape index (κ1) is 11.8. The zero-order chi connectivity index (χ0) is 12.4. The van der Waals surface area contributed by atoms with Crippen LogP contribution in [0.5, 0.6) is 0 Å². The van der Waals surface area contributed by atoms with Crippen molar-refractivity contribution in [1.29, 1.82) is 0 Å². The van der Waals surface area contributed by atoms with Crippen molar-refractivity contribution in [2.75, 3.05) is 0 Å². The quantitative estimate of drug-likeness (QED) is 0.734. The molecule has 86 valence electrons. The molecule has 0 atom stereocenters. The van der Waals surface area contributed by atoms with Gasteiger partial charge in [0.05, 0.1) is 10.6 Å². The zero-order valence-corrected chi connectivity index (χ0v) is 9.96. The topological polar surface area (TPSA) is 17.1 Å². The van der Waals surface area contributed by atoms with Crippen LogP contribution in [-0.4, -0.2) is 5.78 Å². The third-order valence-corrected chi connectivity index (χ3v) is 2.89. The number of rotatable bonds is 2. The minimum atomic E-state index is -0.592. The van der Waals surface area contributed by atoms with Gasteiger partial charge in [-0.05, 0) is 24.6 Å². The van der Waals surface area contributed by atoms with E-state index in [-0.39, 0.29) is 16.4 Å². The highest BCUT2D eigenvalue weighted by Crippen LogP contribution is 2.23. The summed E-state index contributed by atoms with van der Waals surface area (Å²) in [6.07, 6.45) is 0. The van der Waals surface area contributed by atoms with Crippen LogP contribution in [0.2, 0.25) is 5.02 Å². The highest BCUT2D eigenvalue weighted by atomic mass is 35.5. The maximum absolute atomic E-state index is 13.6. The molecule has 3 heteroatoms. The van der Waals surface area contributed by atoms with Gasteiger partial charge in [0.25, 0.3) is 0 Å². The fourth-order valence-electron chi connectivity index (χ4n) is 1.68. The van der Waals surface area contributed by atoms with Gasteiger partial charge in [-0.2, -0.15) is 0 Å². The Morgan fingerprint density at radius 1 is 1.12 bits per heavy atom. The van der Waals surface area contributed by atoms with Crippen LogP contribution in [-0.2, 0) is 0 Å². The number of carbonyl (C=O) groups is 1. The molecule has 0 saturated carbocycles. The van der Waals surface area contributed by atoms with Gasteiger partial charge in [-0.15, -0.1) is 0 Å². The summed E-state index contributed by atoms with van der Waals surface area (Å²) in [5, 5.41) is 0.137. The second kappa shape index (κ2) is 4.68. The van der Waals surface area contributed by atoms with E-state index in [4.69, 9.17) is 11.6 Å². The molecular weight excluding hydrogens is 239 g/mol. The molecule has 0 N–H and O–H groups in total. The van der Waals surface area contributed by atoms with Crippen LogP contribution in [0.4, 0.5) is 4.39 Å². The Kier molecular flexibility index (Phi) is 3.25. The summed E-state index contributed by atoms with van der Waals surface area (Å²) in [4.78, 5) is 12.2. The van der Waals surface area contributed by atoms with Gasteiger partial charge >= 0.3 is 0 Å². The lowest BCUT2D eigenvalue weighted by molar-refractivity contribution is 0.103. The van der Waals surface area contributed by atoms with Crippen molar-refractivity contribution < 1.29 is 9.18 Å². The van der Waals surface area contributed by atoms with Gasteiger partial charge in [-0.25, -0.2) is 4.39 Å². The van der Waals surface area contributed by atoms with E-state index < -0.39 is 5.82 Å². The van der Waals surface area contributed by atoms with Crippen molar-refractivity contribution in [2.24, 2.45) is 0 Å². The Morgan fingerprint density at radius 2 is 1.82 bits per heavy atom. The summed E-state index contributed by atoms with van der Waals surface area (Å²) in [5.41, 5.74) is 1.21. The van der Waals surface area contributed by atoms with Crippen LogP contribution in [0.25, 0.3) is 0 Å². The van der Waals surface area contributed by atoms with E-state index in [1.54, 1.807) is 12.1 Å². The van der Waals surface area contributed by atoms with Gasteiger partial charge in [0.2, 0.25) is 0 Å². The predicted octanol–water partition coefficient (Wildman–Crippen LogP) is 4.02. The van der Waals surface area contributed by atoms with Crippen molar-refractivity contribution in [1.82, 2.24) is 0 Å². The molecule has 0 aliphatic carbocycles. The molecule has 1 nitrogen and oxygen atoms in total. The molecule has 0 heterocycles. The lowest BCUT2D eigenvalue weighted by Crippen LogP contribution is -2.06. The van der Waals surface area contributed by atoms with Gasteiger partial charge in [0.15, 0.2) is 5.78 Å². The van der Waals surface area contributed by atoms with Crippen LogP contribution in [0.15, 0.2) is 42.5 Å². The first-order valence-electron chi connectivity index (χ1n) is 5.15. The number of benzene rings is 2. The molecular formula is C14H10ClFO. The molecule has 0 fully saturated rings. The minimum absolute atomic E-state index is 0.0662. The molecule has 0 radical (unpaired) electrons. The molecule has 0 spiro atoms. The maximum Gasteiger partial charge on any atom is 0.197 e. The average molecular weight is 249 g/mol. The number of ketones is 1. The molecule has 0 amide bonds. The molecule has 17 heavy (non-hydrogen) atoms. The molecule has 0 aromatic heterocycles. The number of hydrogen-bond acceptors (Lipinski definition) is 1. The van der Waals surface area contributed by atoms with Crippen LogP contribution in [0.3, 0.4) is 0 Å². The van der Waals surface area contributed by atoms with Gasteiger partial charge in [-0.1, -0.05) is 41.9 Å². The van der Waals surface area contributed by atoms with Gasteiger partial charge in [0, 0.05) is 5.56 Å². The van der Waals surface area contributed by atoms with Crippen LogP contribution in [0, 0.1) is 12.7 Å². The fourth-order valence-corrected chi connectivity index (χ4v) is 1.93. The summed E-state index contributed by atoms with van der Waals surface area (Å²) in [7, 11) is 0. The Labute approximate surface area is 104 Å². The minimum Gasteiger partial charge on any atom is -0.288 e. The highest BCUT2D eigenvalue weighted by molar-refractivity contribution is 6.35. The fraction of sp³-hybridized carbons (Fsp3) is 0.0714. The molecule has 0 unspecified atom stereocenters. The van der Waals surface area contributed by atoms with Crippen molar-refractivity contribution >= 4 is 17.4 Å². The third kappa shape index (κ3) is 2.22. The second-order valence-electron chi connectivity index (χ2n) is 3.74. The van der Waals surface area contributed by atoms with E-state index in [2.05, 4.69) is 0 Å². The van der Waals surface area contributed by atoms with Crippen molar-refractivity contribution in [3.8, 4) is 0 Å². The summed E-state index contributed by atoms with van der Waals surface area (Å²) >= 11 is 5.87. The van der Waals surface area contributed by atoms with E-state index in [1.807, 2.05) is 19.1 Å². The number of hydrogen-bond donors (Lipinski definition) is 0. The van der Waals surface area contributed by atoms with Gasteiger partial charge < -0.3 is 0 Å². The molecule has 2 aromatic carbocycles. The normalized spacial score (nSPS) is 10.3. The lowest BCUT2D eigenvalue weighted by Gasteiger charge is -2.07. The number of aryl methyl sites for hydroxylation is 1. The second-order valence-corrected chi connectivity index (χ2v) is 4.15. The number of carbonyl (C=O) groups excluding carboxylic acids is 1. The van der Waals surface area contributed by atoms with E-state index in [0.29, 0.717) is 5.56 Å². The standard InChI is InChI=1S/C14H10ClFO/c1-9-5-2-3-6-10(9)14(17)13-11(15)7-4-8-12(13)16/h2-8H,1H3. The summed E-state index contributed by atoms with van der Waals surface area (Å²) < 4.78 is 13.6. The predicted molar refractivity (Wildman–Crippen MR) is 66.0 cm³/mol. The van der Waals surface area contributed by atoms with Crippen molar-refractivity contribution in [3.05, 3.63) is 70.0 Å². The van der Waals surface area contributed by atoms with E-state index in [0.717, 1.165) is 5.56 Å². The zero-order valence-electron chi connectivity index (χ0n) is 9.21. The maximum atomic E-state index is 13.6. The molecule has 0 aliphatic heterocycles. The average Bonchev–Trinajstić information content (AvgIpc) is 2.29. The van der Waals surface area contributed by atoms with Crippen molar-refractivity contribution in [3.63, 3.8) is 0 Å². The van der Waals surface area contributed by atoms with E-state index in [1.165, 1.54) is 18.2 Å². The van der Waals surface area contributed by atoms with Gasteiger partial charge in [-0.3, -0.25) is 4.79 Å². The number of halogens is 2. The molecule has 2 rings (SSSR count). The Morgan fingerprint density at radius 3 is 2.47 bits per heavy atom. The van der Waals surface area contributed by atoms with Crippen LogP contribution < -0.4 is 0 Å². The molecule has 0 bridgehead atoms. The lowest BCUT2D eigenvalue weighted by atomic mass is 9.99. The first-order valence-corrected chi connectivity index (χ1v) is 5.53. The van der Waals surface area contributed by atoms with Crippen molar-refractivity contribution in [2.45, 2.75) is 6.92 Å². The summed E-state index contributed by atoms with van der Waals surface area (Å²) in [5.74, 6) is -0.975. The molecule has 2 aromatic rings. The first-order chi connectivity index (χ1) is 8.11. The smallest absolute Gasteiger partial charge is 0.197 e. The summed E-state index contributed by atoms with van der Waals surface area (Å²) in [6.45, 7) is 1.81. The largest absolute Gasteiger partial charge is 0.288 e. The molecule has 0 aliphatic rings.